The predicted octanol–water partition coefficient (Wildman–Crippen LogP) is -1.69. The van der Waals surface area contributed by atoms with Crippen LogP contribution in [0.5, 0.6) is 0 Å². The fourth-order valence-corrected chi connectivity index (χ4v) is 1.42. The number of nitrogens with zero attached hydrogens (tertiary/aromatic N) is 1. The van der Waals surface area contributed by atoms with Gasteiger partial charge in [0.15, 0.2) is 18.4 Å². The predicted molar refractivity (Wildman–Crippen MR) is 52.3 cm³/mol. The van der Waals surface area contributed by atoms with Crippen molar-refractivity contribution in [3.8, 4) is 0 Å². The zero-order valence-corrected chi connectivity index (χ0v) is 10.2. The van der Waals surface area contributed by atoms with E-state index in [-0.39, 0.29) is 23.6 Å². The van der Waals surface area contributed by atoms with Crippen molar-refractivity contribution >= 4 is 0 Å². The highest BCUT2D eigenvalue weighted by Crippen LogP contribution is 1.98. The van der Waals surface area contributed by atoms with Crippen LogP contribution in [0.3, 0.4) is 0 Å². The number of aryl methyl sites for hydroxylation is 1. The van der Waals surface area contributed by atoms with Crippen molar-refractivity contribution < 1.29 is 26.7 Å². The molecule has 0 unspecified atom stereocenters. The van der Waals surface area contributed by atoms with Crippen LogP contribution in [-0.4, -0.2) is 11.7 Å². The monoisotopic (exact) mass is 259 g/mol. The molecular formula is C11H18BrNO. The van der Waals surface area contributed by atoms with Crippen LogP contribution in [0.1, 0.15) is 25.5 Å². The summed E-state index contributed by atoms with van der Waals surface area (Å²) in [7, 11) is 0. The molecule has 0 fully saturated rings. The molecule has 1 aromatic rings. The number of hydrogen-bond acceptors (Lipinski definition) is 1. The van der Waals surface area contributed by atoms with Crippen molar-refractivity contribution in [2.75, 3.05) is 6.61 Å². The molecule has 1 N–H and O–H groups in total. The number of aliphatic hydroxyl groups excluding tert-OH is 1. The molecule has 0 saturated carbocycles. The largest absolute Gasteiger partial charge is 1.00 e. The molecule has 0 aliphatic carbocycles. The van der Waals surface area contributed by atoms with Crippen molar-refractivity contribution in [3.05, 3.63) is 30.1 Å². The lowest BCUT2D eigenvalue weighted by molar-refractivity contribution is -0.705. The molecule has 1 heterocycles. The first-order chi connectivity index (χ1) is 6.38. The minimum Gasteiger partial charge on any atom is -1.00 e. The normalized spacial score (nSPS) is 9.57. The van der Waals surface area contributed by atoms with E-state index in [2.05, 4.69) is 23.6 Å². The van der Waals surface area contributed by atoms with Crippen LogP contribution < -0.4 is 21.5 Å². The van der Waals surface area contributed by atoms with E-state index in [1.165, 1.54) is 18.5 Å². The zero-order valence-electron chi connectivity index (χ0n) is 8.62. The highest BCUT2D eigenvalue weighted by atomic mass is 79.9. The van der Waals surface area contributed by atoms with Gasteiger partial charge in [-0.05, 0) is 6.42 Å². The second-order valence-corrected chi connectivity index (χ2v) is 3.21. The molecule has 14 heavy (non-hydrogen) atoms. The second-order valence-electron chi connectivity index (χ2n) is 3.21. The molecular weight excluding hydrogens is 242 g/mol. The van der Waals surface area contributed by atoms with Crippen molar-refractivity contribution in [1.29, 1.82) is 0 Å². The number of halogens is 1. The number of pyridine rings is 1. The topological polar surface area (TPSA) is 24.1 Å². The second kappa shape index (κ2) is 7.94. The van der Waals surface area contributed by atoms with Gasteiger partial charge in [0.2, 0.25) is 0 Å². The van der Waals surface area contributed by atoms with Gasteiger partial charge in [-0.3, -0.25) is 0 Å². The molecule has 0 radical (unpaired) electrons. The number of aromatic nitrogens is 1. The van der Waals surface area contributed by atoms with Crippen molar-refractivity contribution in [3.63, 3.8) is 0 Å². The maximum absolute atomic E-state index is 8.85. The van der Waals surface area contributed by atoms with E-state index < -0.39 is 0 Å². The Kier molecular flexibility index (Phi) is 7.71. The average Bonchev–Trinajstić information content (AvgIpc) is 2.17. The first kappa shape index (κ1) is 13.6. The lowest BCUT2D eigenvalue weighted by Gasteiger charge is -2.00. The summed E-state index contributed by atoms with van der Waals surface area (Å²) in [5.74, 6) is 0. The van der Waals surface area contributed by atoms with Gasteiger partial charge in [-0.1, -0.05) is 19.4 Å². The Hall–Kier alpha value is -0.410. The van der Waals surface area contributed by atoms with E-state index in [0.717, 1.165) is 6.42 Å². The Labute approximate surface area is 96.4 Å². The van der Waals surface area contributed by atoms with Crippen LogP contribution in [0, 0.1) is 0 Å². The highest BCUT2D eigenvalue weighted by Gasteiger charge is 2.06. The van der Waals surface area contributed by atoms with Gasteiger partial charge in [0, 0.05) is 18.6 Å². The van der Waals surface area contributed by atoms with Gasteiger partial charge < -0.3 is 22.1 Å². The first-order valence-corrected chi connectivity index (χ1v) is 4.96. The van der Waals surface area contributed by atoms with Crippen molar-refractivity contribution in [2.45, 2.75) is 32.7 Å². The van der Waals surface area contributed by atoms with Crippen LogP contribution in [0.4, 0.5) is 0 Å². The molecule has 80 valence electrons. The lowest BCUT2D eigenvalue weighted by Crippen LogP contribution is -3.00. The molecule has 0 aliphatic rings. The Bertz CT molecular complexity index is 253. The summed E-state index contributed by atoms with van der Waals surface area (Å²) in [5, 5.41) is 8.85. The van der Waals surface area contributed by atoms with Crippen LogP contribution in [-0.2, 0) is 13.0 Å². The minimum atomic E-state index is 0. The smallest absolute Gasteiger partial charge is 0.181 e. The zero-order chi connectivity index (χ0) is 9.52. The number of hydrogen-bond donors (Lipinski definition) is 1. The Morgan fingerprint density at radius 3 is 2.79 bits per heavy atom. The molecule has 3 heteroatoms. The molecule has 1 aromatic heterocycles. The van der Waals surface area contributed by atoms with Gasteiger partial charge in [-0.2, -0.15) is 0 Å². The van der Waals surface area contributed by atoms with E-state index >= 15 is 0 Å². The van der Waals surface area contributed by atoms with Gasteiger partial charge in [0.1, 0.15) is 6.61 Å². The summed E-state index contributed by atoms with van der Waals surface area (Å²) in [6, 6.07) is 6.19. The fraction of sp³-hybridized carbons (Fsp3) is 0.545. The van der Waals surface area contributed by atoms with Crippen LogP contribution in [0.15, 0.2) is 24.4 Å². The molecule has 0 bridgehead atoms. The summed E-state index contributed by atoms with van der Waals surface area (Å²) >= 11 is 0. The molecule has 0 spiro atoms. The Morgan fingerprint density at radius 2 is 2.14 bits per heavy atom. The molecule has 0 atom stereocenters. The third-order valence-electron chi connectivity index (χ3n) is 2.16. The molecule has 2 nitrogen and oxygen atoms in total. The summed E-state index contributed by atoms with van der Waals surface area (Å²) in [6.07, 6.45) is 5.57. The van der Waals surface area contributed by atoms with Gasteiger partial charge in [-0.25, -0.2) is 4.57 Å². The van der Waals surface area contributed by atoms with Crippen LogP contribution in [0.2, 0.25) is 0 Å². The SMILES string of the molecule is CCCCc1cccc[n+]1CCO.[Br-]. The van der Waals surface area contributed by atoms with Crippen molar-refractivity contribution in [2.24, 2.45) is 0 Å². The average molecular weight is 260 g/mol. The quantitative estimate of drug-likeness (QED) is 0.628. The number of unbranched alkanes of at least 4 members (excludes halogenated alkanes) is 1. The standard InChI is InChI=1S/C11H18NO.BrH/c1-2-3-6-11-7-4-5-8-12(11)9-10-13;/h4-5,7-8,13H,2-3,6,9-10H2,1H3;1H/q+1;/p-1. The highest BCUT2D eigenvalue weighted by molar-refractivity contribution is 4.97. The van der Waals surface area contributed by atoms with Gasteiger partial charge >= 0.3 is 0 Å². The fourth-order valence-electron chi connectivity index (χ4n) is 1.42. The molecule has 0 aromatic carbocycles. The number of rotatable bonds is 5. The van der Waals surface area contributed by atoms with E-state index in [0.29, 0.717) is 6.54 Å². The summed E-state index contributed by atoms with van der Waals surface area (Å²) in [6.45, 7) is 3.12. The molecule has 0 saturated heterocycles. The molecule has 0 amide bonds. The Balaban J connectivity index is 0.00000169. The maximum atomic E-state index is 8.85. The lowest BCUT2D eigenvalue weighted by atomic mass is 10.2. The number of aliphatic hydroxyl groups is 1. The summed E-state index contributed by atoms with van der Waals surface area (Å²) in [4.78, 5) is 0. The third kappa shape index (κ3) is 4.20. The van der Waals surface area contributed by atoms with E-state index in [9.17, 15) is 0 Å². The van der Waals surface area contributed by atoms with Crippen LogP contribution >= 0.6 is 0 Å². The summed E-state index contributed by atoms with van der Waals surface area (Å²) < 4.78 is 2.12. The minimum absolute atomic E-state index is 0. The molecule has 1 rings (SSSR count). The first-order valence-electron chi connectivity index (χ1n) is 4.96. The van der Waals surface area contributed by atoms with Crippen LogP contribution in [0.25, 0.3) is 0 Å². The van der Waals surface area contributed by atoms with Gasteiger partial charge in [-0.15, -0.1) is 0 Å². The third-order valence-corrected chi connectivity index (χ3v) is 2.16. The van der Waals surface area contributed by atoms with E-state index in [4.69, 9.17) is 5.11 Å². The van der Waals surface area contributed by atoms with Gasteiger partial charge in [0.25, 0.3) is 0 Å². The molecule has 0 aliphatic heterocycles. The van der Waals surface area contributed by atoms with Crippen molar-refractivity contribution in [1.82, 2.24) is 0 Å². The van der Waals surface area contributed by atoms with E-state index in [1.54, 1.807) is 0 Å². The van der Waals surface area contributed by atoms with E-state index in [1.807, 2.05) is 12.3 Å². The summed E-state index contributed by atoms with van der Waals surface area (Å²) in [5.41, 5.74) is 1.32. The Morgan fingerprint density at radius 1 is 1.36 bits per heavy atom. The van der Waals surface area contributed by atoms with Gasteiger partial charge in [0.05, 0.1) is 0 Å². The maximum Gasteiger partial charge on any atom is 0.181 e.